The van der Waals surface area contributed by atoms with Crippen LogP contribution in [0.15, 0.2) is 24.3 Å². The lowest BCUT2D eigenvalue weighted by Crippen LogP contribution is -2.47. The Balaban J connectivity index is 2.39. The van der Waals surface area contributed by atoms with Crippen LogP contribution in [0.4, 0.5) is 0 Å². The Morgan fingerprint density at radius 1 is 1.44 bits per heavy atom. The molecule has 4 nitrogen and oxygen atoms in total. The van der Waals surface area contributed by atoms with Crippen molar-refractivity contribution in [2.45, 2.75) is 38.6 Å². The average molecular weight is 251 g/mol. The maximum absolute atomic E-state index is 11.0. The van der Waals surface area contributed by atoms with Crippen molar-refractivity contribution >= 4 is 5.97 Å². The number of carboxylic acids is 1. The molecule has 0 spiro atoms. The van der Waals surface area contributed by atoms with Crippen LogP contribution in [-0.4, -0.2) is 23.2 Å². The van der Waals surface area contributed by atoms with Crippen molar-refractivity contribution in [2.24, 2.45) is 5.73 Å². The second-order valence-corrected chi connectivity index (χ2v) is 4.53. The predicted octanol–water partition coefficient (Wildman–Crippen LogP) is 2.35. The Labute approximate surface area is 108 Å². The molecule has 0 aromatic heterocycles. The number of carboxylic acid groups (broad SMARTS) is 1. The van der Waals surface area contributed by atoms with Crippen LogP contribution in [0.3, 0.4) is 0 Å². The second-order valence-electron chi connectivity index (χ2n) is 4.53. The molecule has 0 amide bonds. The Morgan fingerprint density at radius 2 is 2.11 bits per heavy atom. The molecule has 3 N–H and O–H groups in total. The Hall–Kier alpha value is -1.55. The number of hydrogen-bond acceptors (Lipinski definition) is 3. The van der Waals surface area contributed by atoms with Crippen LogP contribution in [0.5, 0.6) is 5.75 Å². The molecule has 0 heterocycles. The zero-order valence-corrected chi connectivity index (χ0v) is 11.0. The van der Waals surface area contributed by atoms with Crippen LogP contribution in [-0.2, 0) is 4.79 Å². The van der Waals surface area contributed by atoms with E-state index in [9.17, 15) is 4.79 Å². The van der Waals surface area contributed by atoms with Crippen LogP contribution < -0.4 is 10.5 Å². The fourth-order valence-electron chi connectivity index (χ4n) is 1.72. The summed E-state index contributed by atoms with van der Waals surface area (Å²) in [6.45, 7) is 4.25. The lowest BCUT2D eigenvalue weighted by Gasteiger charge is -2.22. The highest BCUT2D eigenvalue weighted by Gasteiger charge is 2.30. The molecular formula is C14H21NO3. The molecule has 0 radical (unpaired) electrons. The summed E-state index contributed by atoms with van der Waals surface area (Å²) in [5.74, 6) is -0.104. The zero-order valence-electron chi connectivity index (χ0n) is 11.0. The summed E-state index contributed by atoms with van der Waals surface area (Å²) in [5, 5.41) is 9.03. The third-order valence-corrected chi connectivity index (χ3v) is 3.18. The summed E-state index contributed by atoms with van der Waals surface area (Å²) in [7, 11) is 0. The van der Waals surface area contributed by atoms with E-state index in [-0.39, 0.29) is 0 Å². The number of nitrogens with two attached hydrogens (primary N) is 1. The summed E-state index contributed by atoms with van der Waals surface area (Å²) < 4.78 is 5.61. The van der Waals surface area contributed by atoms with Gasteiger partial charge in [0.25, 0.3) is 0 Å². The fraction of sp³-hybridized carbons (Fsp3) is 0.500. The summed E-state index contributed by atoms with van der Waals surface area (Å²) >= 11 is 0. The van der Waals surface area contributed by atoms with Gasteiger partial charge in [0.15, 0.2) is 0 Å². The van der Waals surface area contributed by atoms with Gasteiger partial charge in [-0.1, -0.05) is 25.1 Å². The molecular weight excluding hydrogens is 230 g/mol. The summed E-state index contributed by atoms with van der Waals surface area (Å²) in [6, 6.07) is 7.75. The first kappa shape index (κ1) is 14.5. The molecule has 0 aliphatic carbocycles. The van der Waals surface area contributed by atoms with Crippen molar-refractivity contribution in [3.63, 3.8) is 0 Å². The van der Waals surface area contributed by atoms with Crippen molar-refractivity contribution < 1.29 is 14.6 Å². The van der Waals surface area contributed by atoms with Gasteiger partial charge in [0.2, 0.25) is 0 Å². The smallest absolute Gasteiger partial charge is 0.323 e. The fourth-order valence-corrected chi connectivity index (χ4v) is 1.72. The molecule has 1 aromatic carbocycles. The summed E-state index contributed by atoms with van der Waals surface area (Å²) in [5.41, 5.74) is 5.74. The molecule has 0 saturated carbocycles. The average Bonchev–Trinajstić information content (AvgIpc) is 2.36. The first-order valence-electron chi connectivity index (χ1n) is 6.20. The van der Waals surface area contributed by atoms with E-state index < -0.39 is 11.5 Å². The highest BCUT2D eigenvalue weighted by Crippen LogP contribution is 2.18. The minimum atomic E-state index is -1.13. The maximum atomic E-state index is 11.0. The number of aliphatic carboxylic acids is 1. The number of aryl methyl sites for hydroxylation is 1. The van der Waals surface area contributed by atoms with Crippen LogP contribution in [0.25, 0.3) is 0 Å². The number of benzene rings is 1. The molecule has 0 aliphatic heterocycles. The van der Waals surface area contributed by atoms with E-state index in [0.717, 1.165) is 11.3 Å². The number of hydrogen-bond donors (Lipinski definition) is 2. The van der Waals surface area contributed by atoms with Crippen molar-refractivity contribution in [2.75, 3.05) is 6.61 Å². The molecule has 1 atom stereocenters. The minimum absolute atomic E-state index is 0.421. The molecule has 4 heteroatoms. The van der Waals surface area contributed by atoms with Crippen LogP contribution >= 0.6 is 0 Å². The van der Waals surface area contributed by atoms with E-state index in [4.69, 9.17) is 15.6 Å². The van der Waals surface area contributed by atoms with Gasteiger partial charge in [-0.2, -0.15) is 0 Å². The van der Waals surface area contributed by atoms with E-state index in [0.29, 0.717) is 25.9 Å². The first-order chi connectivity index (χ1) is 8.49. The van der Waals surface area contributed by atoms with Gasteiger partial charge >= 0.3 is 5.97 Å². The Morgan fingerprint density at radius 3 is 2.67 bits per heavy atom. The van der Waals surface area contributed by atoms with Gasteiger partial charge in [0.05, 0.1) is 6.61 Å². The van der Waals surface area contributed by atoms with Gasteiger partial charge < -0.3 is 15.6 Å². The standard InChI is InChI=1S/C14H21NO3/c1-3-14(15,13(16)17)9-6-10-18-12-8-5-4-7-11(12)2/h4-5,7-8H,3,6,9-10,15H2,1-2H3,(H,16,17). The molecule has 1 aromatic rings. The van der Waals surface area contributed by atoms with E-state index in [1.165, 1.54) is 0 Å². The topological polar surface area (TPSA) is 72.5 Å². The van der Waals surface area contributed by atoms with E-state index in [2.05, 4.69) is 0 Å². The largest absolute Gasteiger partial charge is 0.493 e. The number of carbonyl (C=O) groups is 1. The van der Waals surface area contributed by atoms with Gasteiger partial charge in [0.1, 0.15) is 11.3 Å². The van der Waals surface area contributed by atoms with Crippen LogP contribution in [0.2, 0.25) is 0 Å². The molecule has 18 heavy (non-hydrogen) atoms. The zero-order chi connectivity index (χ0) is 13.6. The second kappa shape index (κ2) is 6.40. The summed E-state index contributed by atoms with van der Waals surface area (Å²) in [4.78, 5) is 11.0. The van der Waals surface area contributed by atoms with E-state index in [1.807, 2.05) is 31.2 Å². The first-order valence-corrected chi connectivity index (χ1v) is 6.20. The predicted molar refractivity (Wildman–Crippen MR) is 70.8 cm³/mol. The summed E-state index contributed by atoms with van der Waals surface area (Å²) in [6.07, 6.45) is 1.47. The van der Waals surface area contributed by atoms with Gasteiger partial charge in [-0.3, -0.25) is 4.79 Å². The van der Waals surface area contributed by atoms with Crippen molar-refractivity contribution in [1.29, 1.82) is 0 Å². The third kappa shape index (κ3) is 3.74. The van der Waals surface area contributed by atoms with E-state index in [1.54, 1.807) is 6.92 Å². The van der Waals surface area contributed by atoms with Gasteiger partial charge in [0, 0.05) is 0 Å². The normalized spacial score (nSPS) is 13.9. The number of ether oxygens (including phenoxy) is 1. The quantitative estimate of drug-likeness (QED) is 0.730. The van der Waals surface area contributed by atoms with Crippen molar-refractivity contribution in [3.8, 4) is 5.75 Å². The monoisotopic (exact) mass is 251 g/mol. The highest BCUT2D eigenvalue weighted by molar-refractivity contribution is 5.78. The lowest BCUT2D eigenvalue weighted by atomic mass is 9.92. The Kier molecular flexibility index (Phi) is 5.16. The van der Waals surface area contributed by atoms with Gasteiger partial charge in [-0.05, 0) is 37.8 Å². The molecule has 100 valence electrons. The van der Waals surface area contributed by atoms with Crippen LogP contribution in [0.1, 0.15) is 31.7 Å². The number of para-hydroxylation sites is 1. The molecule has 1 unspecified atom stereocenters. The van der Waals surface area contributed by atoms with E-state index >= 15 is 0 Å². The Bertz CT molecular complexity index is 406. The minimum Gasteiger partial charge on any atom is -0.493 e. The SMILES string of the molecule is CCC(N)(CCCOc1ccccc1C)C(=O)O. The highest BCUT2D eigenvalue weighted by atomic mass is 16.5. The van der Waals surface area contributed by atoms with Gasteiger partial charge in [-0.15, -0.1) is 0 Å². The molecule has 1 rings (SSSR count). The molecule has 0 saturated heterocycles. The maximum Gasteiger partial charge on any atom is 0.323 e. The van der Waals surface area contributed by atoms with Crippen molar-refractivity contribution in [1.82, 2.24) is 0 Å². The molecule has 0 fully saturated rings. The van der Waals surface area contributed by atoms with Gasteiger partial charge in [-0.25, -0.2) is 0 Å². The number of rotatable bonds is 7. The molecule has 0 bridgehead atoms. The third-order valence-electron chi connectivity index (χ3n) is 3.18. The molecule has 0 aliphatic rings. The lowest BCUT2D eigenvalue weighted by molar-refractivity contribution is -0.143. The van der Waals surface area contributed by atoms with Crippen molar-refractivity contribution in [3.05, 3.63) is 29.8 Å². The van der Waals surface area contributed by atoms with Crippen LogP contribution in [0, 0.1) is 6.92 Å².